The second-order valence-electron chi connectivity index (χ2n) is 4.72. The summed E-state index contributed by atoms with van der Waals surface area (Å²) < 4.78 is 5.81. The predicted octanol–water partition coefficient (Wildman–Crippen LogP) is 2.04. The molecule has 1 unspecified atom stereocenters. The molecule has 1 N–H and O–H groups in total. The molecule has 3 nitrogen and oxygen atoms in total. The zero-order valence-corrected chi connectivity index (χ0v) is 10.7. The number of rotatable bonds is 8. The summed E-state index contributed by atoms with van der Waals surface area (Å²) in [6.45, 7) is 6.91. The lowest BCUT2D eigenvalue weighted by atomic mass is 10.1. The molecular weight excluding hydrogens is 202 g/mol. The molecule has 1 atom stereocenters. The fourth-order valence-electron chi connectivity index (χ4n) is 2.26. The van der Waals surface area contributed by atoms with Gasteiger partial charge in [0.1, 0.15) is 0 Å². The molecule has 1 saturated heterocycles. The average Bonchev–Trinajstić information content (AvgIpc) is 2.33. The van der Waals surface area contributed by atoms with Crippen LogP contribution in [0, 0.1) is 0 Å². The van der Waals surface area contributed by atoms with Crippen molar-refractivity contribution in [2.24, 2.45) is 0 Å². The lowest BCUT2D eigenvalue weighted by Crippen LogP contribution is -2.40. The molecule has 0 saturated carbocycles. The molecule has 0 aromatic rings. The van der Waals surface area contributed by atoms with Crippen LogP contribution in [0.25, 0.3) is 0 Å². The third-order valence-corrected chi connectivity index (χ3v) is 3.15. The highest BCUT2D eigenvalue weighted by molar-refractivity contribution is 4.73. The Kier molecular flexibility index (Phi) is 7.81. The Morgan fingerprint density at radius 2 is 2.19 bits per heavy atom. The summed E-state index contributed by atoms with van der Waals surface area (Å²) >= 11 is 0. The molecule has 1 aliphatic heterocycles. The van der Waals surface area contributed by atoms with Crippen molar-refractivity contribution in [2.75, 3.05) is 32.8 Å². The number of hydrogen-bond acceptors (Lipinski definition) is 3. The molecule has 1 rings (SSSR count). The summed E-state index contributed by atoms with van der Waals surface area (Å²) in [4.78, 5) is 2.52. The van der Waals surface area contributed by atoms with Crippen molar-refractivity contribution < 1.29 is 9.84 Å². The number of unbranched alkanes of at least 4 members (excludes halogenated alkanes) is 2. The van der Waals surface area contributed by atoms with Crippen LogP contribution in [-0.2, 0) is 4.74 Å². The highest BCUT2D eigenvalue weighted by Crippen LogP contribution is 2.14. The minimum atomic E-state index is 0.336. The number of hydrogen-bond donors (Lipinski definition) is 1. The maximum Gasteiger partial charge on any atom is 0.0702 e. The van der Waals surface area contributed by atoms with Crippen LogP contribution in [0.3, 0.4) is 0 Å². The third kappa shape index (κ3) is 5.83. The van der Waals surface area contributed by atoms with E-state index in [1.54, 1.807) is 0 Å². The largest absolute Gasteiger partial charge is 0.396 e. The molecule has 1 fully saturated rings. The van der Waals surface area contributed by atoms with Crippen molar-refractivity contribution in [3.8, 4) is 0 Å². The van der Waals surface area contributed by atoms with Crippen LogP contribution >= 0.6 is 0 Å². The molecule has 0 aromatic carbocycles. The average molecular weight is 229 g/mol. The Labute approximate surface area is 99.8 Å². The molecule has 1 heterocycles. The Morgan fingerprint density at radius 1 is 1.31 bits per heavy atom. The van der Waals surface area contributed by atoms with Crippen molar-refractivity contribution >= 4 is 0 Å². The highest BCUT2D eigenvalue weighted by Gasteiger charge is 2.19. The monoisotopic (exact) mass is 229 g/mol. The number of aliphatic hydroxyl groups is 1. The van der Waals surface area contributed by atoms with E-state index in [2.05, 4.69) is 11.8 Å². The SMILES string of the molecule is CCCOC1CCCN(CCCCCO)C1. The van der Waals surface area contributed by atoms with Gasteiger partial charge in [0.2, 0.25) is 0 Å². The second-order valence-corrected chi connectivity index (χ2v) is 4.72. The van der Waals surface area contributed by atoms with E-state index in [0.717, 1.165) is 32.4 Å². The molecule has 96 valence electrons. The van der Waals surface area contributed by atoms with E-state index in [1.807, 2.05) is 0 Å². The first kappa shape index (κ1) is 13.9. The topological polar surface area (TPSA) is 32.7 Å². The number of piperidine rings is 1. The summed E-state index contributed by atoms with van der Waals surface area (Å²) in [5.41, 5.74) is 0. The molecule has 3 heteroatoms. The fraction of sp³-hybridized carbons (Fsp3) is 1.00. The van der Waals surface area contributed by atoms with Gasteiger partial charge in [-0.3, -0.25) is 0 Å². The van der Waals surface area contributed by atoms with Crippen LogP contribution in [0.4, 0.5) is 0 Å². The van der Waals surface area contributed by atoms with Crippen LogP contribution < -0.4 is 0 Å². The first-order valence-corrected chi connectivity index (χ1v) is 6.81. The van der Waals surface area contributed by atoms with Gasteiger partial charge in [-0.1, -0.05) is 6.92 Å². The predicted molar refractivity (Wildman–Crippen MR) is 66.6 cm³/mol. The Morgan fingerprint density at radius 3 is 2.94 bits per heavy atom. The van der Waals surface area contributed by atoms with Gasteiger partial charge >= 0.3 is 0 Å². The van der Waals surface area contributed by atoms with E-state index in [9.17, 15) is 0 Å². The molecule has 0 spiro atoms. The maximum atomic E-state index is 8.71. The quantitative estimate of drug-likeness (QED) is 0.647. The molecule has 0 bridgehead atoms. The Bertz CT molecular complexity index is 164. The van der Waals surface area contributed by atoms with E-state index < -0.39 is 0 Å². The van der Waals surface area contributed by atoms with Gasteiger partial charge in [-0.15, -0.1) is 0 Å². The molecule has 0 radical (unpaired) electrons. The highest BCUT2D eigenvalue weighted by atomic mass is 16.5. The van der Waals surface area contributed by atoms with Crippen LogP contribution in [0.5, 0.6) is 0 Å². The first-order valence-electron chi connectivity index (χ1n) is 6.81. The smallest absolute Gasteiger partial charge is 0.0702 e. The Balaban J connectivity index is 2.07. The number of likely N-dealkylation sites (tertiary alicyclic amines) is 1. The normalized spacial score (nSPS) is 22.5. The van der Waals surface area contributed by atoms with Gasteiger partial charge in [-0.2, -0.15) is 0 Å². The van der Waals surface area contributed by atoms with E-state index in [-0.39, 0.29) is 0 Å². The molecule has 0 aliphatic carbocycles. The first-order chi connectivity index (χ1) is 7.86. The molecular formula is C13H27NO2. The zero-order chi connectivity index (χ0) is 11.6. The third-order valence-electron chi connectivity index (χ3n) is 3.15. The maximum absolute atomic E-state index is 8.71. The number of aliphatic hydroxyl groups excluding tert-OH is 1. The van der Waals surface area contributed by atoms with Gasteiger partial charge in [0, 0.05) is 19.8 Å². The summed E-state index contributed by atoms with van der Waals surface area (Å²) in [6, 6.07) is 0. The Hall–Kier alpha value is -0.120. The van der Waals surface area contributed by atoms with E-state index >= 15 is 0 Å². The second kappa shape index (κ2) is 8.97. The van der Waals surface area contributed by atoms with Crippen molar-refractivity contribution in [2.45, 2.75) is 51.6 Å². The molecule has 16 heavy (non-hydrogen) atoms. The van der Waals surface area contributed by atoms with E-state index in [1.165, 1.54) is 32.4 Å². The van der Waals surface area contributed by atoms with Gasteiger partial charge < -0.3 is 14.7 Å². The summed E-state index contributed by atoms with van der Waals surface area (Å²) in [6.07, 6.45) is 7.39. The van der Waals surface area contributed by atoms with Gasteiger partial charge in [-0.25, -0.2) is 0 Å². The van der Waals surface area contributed by atoms with Crippen molar-refractivity contribution in [3.63, 3.8) is 0 Å². The number of ether oxygens (including phenoxy) is 1. The minimum Gasteiger partial charge on any atom is -0.396 e. The van der Waals surface area contributed by atoms with Gasteiger partial charge in [0.05, 0.1) is 6.10 Å². The summed E-state index contributed by atoms with van der Waals surface area (Å²) in [5.74, 6) is 0. The van der Waals surface area contributed by atoms with Crippen molar-refractivity contribution in [1.29, 1.82) is 0 Å². The van der Waals surface area contributed by atoms with Crippen LogP contribution in [-0.4, -0.2) is 49.0 Å². The van der Waals surface area contributed by atoms with Gasteiger partial charge in [-0.05, 0) is 51.6 Å². The van der Waals surface area contributed by atoms with Crippen LogP contribution in [0.15, 0.2) is 0 Å². The van der Waals surface area contributed by atoms with Crippen molar-refractivity contribution in [1.82, 2.24) is 4.90 Å². The van der Waals surface area contributed by atoms with Crippen LogP contribution in [0.2, 0.25) is 0 Å². The number of nitrogens with zero attached hydrogens (tertiary/aromatic N) is 1. The molecule has 0 aromatic heterocycles. The van der Waals surface area contributed by atoms with Gasteiger partial charge in [0.15, 0.2) is 0 Å². The lowest BCUT2D eigenvalue weighted by molar-refractivity contribution is -0.000418. The lowest BCUT2D eigenvalue weighted by Gasteiger charge is -2.32. The molecule has 1 aliphatic rings. The van der Waals surface area contributed by atoms with E-state index in [4.69, 9.17) is 9.84 Å². The fourth-order valence-corrected chi connectivity index (χ4v) is 2.26. The standard InChI is InChI=1S/C13H27NO2/c1-2-11-16-13-7-6-9-14(12-13)8-4-3-5-10-15/h13,15H,2-12H2,1H3. The minimum absolute atomic E-state index is 0.336. The van der Waals surface area contributed by atoms with Crippen molar-refractivity contribution in [3.05, 3.63) is 0 Å². The summed E-state index contributed by atoms with van der Waals surface area (Å²) in [7, 11) is 0. The zero-order valence-electron chi connectivity index (χ0n) is 10.7. The van der Waals surface area contributed by atoms with Gasteiger partial charge in [0.25, 0.3) is 0 Å². The molecule has 0 amide bonds. The van der Waals surface area contributed by atoms with Crippen LogP contribution in [0.1, 0.15) is 45.4 Å². The van der Waals surface area contributed by atoms with E-state index in [0.29, 0.717) is 12.7 Å². The summed E-state index contributed by atoms with van der Waals surface area (Å²) in [5, 5.41) is 8.71.